The highest BCUT2D eigenvalue weighted by molar-refractivity contribution is 6.05. The second-order valence-corrected chi connectivity index (χ2v) is 5.15. The monoisotopic (exact) mass is 329 g/mol. The third-order valence-electron chi connectivity index (χ3n) is 3.40. The summed E-state index contributed by atoms with van der Waals surface area (Å²) in [6, 6.07) is 9.25. The van der Waals surface area contributed by atoms with Crippen LogP contribution in [0.25, 0.3) is 0 Å². The van der Waals surface area contributed by atoms with Crippen molar-refractivity contribution in [2.75, 3.05) is 12.4 Å². The summed E-state index contributed by atoms with van der Waals surface area (Å²) in [5.41, 5.74) is 1.69. The maximum Gasteiger partial charge on any atom is 0.311 e. The first kappa shape index (κ1) is 17.3. The van der Waals surface area contributed by atoms with Crippen molar-refractivity contribution in [3.63, 3.8) is 0 Å². The molecule has 0 bridgehead atoms. The Morgan fingerprint density at radius 3 is 2.50 bits per heavy atom. The average molecular weight is 329 g/mol. The van der Waals surface area contributed by atoms with Gasteiger partial charge in [-0.1, -0.05) is 6.92 Å². The first-order chi connectivity index (χ1) is 11.4. The molecule has 6 heteroatoms. The topological polar surface area (TPSA) is 84.9 Å². The third-order valence-corrected chi connectivity index (χ3v) is 3.40. The van der Waals surface area contributed by atoms with Gasteiger partial charge in [-0.25, -0.2) is 0 Å². The number of carbonyl (C=O) groups is 2. The molecule has 2 N–H and O–H groups in total. The molecule has 0 aliphatic carbocycles. The van der Waals surface area contributed by atoms with Crippen LogP contribution >= 0.6 is 0 Å². The second-order valence-electron chi connectivity index (χ2n) is 5.15. The molecule has 6 nitrogen and oxygen atoms in total. The summed E-state index contributed by atoms with van der Waals surface area (Å²) >= 11 is 0. The van der Waals surface area contributed by atoms with Crippen LogP contribution in [-0.4, -0.2) is 24.1 Å². The van der Waals surface area contributed by atoms with E-state index in [1.807, 2.05) is 0 Å². The van der Waals surface area contributed by atoms with Gasteiger partial charge in [0.2, 0.25) is 0 Å². The van der Waals surface area contributed by atoms with E-state index in [0.29, 0.717) is 17.0 Å². The van der Waals surface area contributed by atoms with Crippen LogP contribution in [0.15, 0.2) is 36.4 Å². The number of hydrogen-bond donors (Lipinski definition) is 2. The van der Waals surface area contributed by atoms with Crippen LogP contribution < -0.4 is 14.8 Å². The number of rotatable bonds is 5. The van der Waals surface area contributed by atoms with E-state index in [4.69, 9.17) is 9.47 Å². The molecular weight excluding hydrogens is 310 g/mol. The number of carbonyl (C=O) groups excluding carboxylic acids is 2. The van der Waals surface area contributed by atoms with Gasteiger partial charge in [-0.3, -0.25) is 9.59 Å². The fraction of sp³-hybridized carbons (Fsp3) is 0.222. The highest BCUT2D eigenvalue weighted by atomic mass is 16.6. The van der Waals surface area contributed by atoms with Gasteiger partial charge in [0, 0.05) is 17.7 Å². The van der Waals surface area contributed by atoms with Gasteiger partial charge in [0.15, 0.2) is 11.5 Å². The van der Waals surface area contributed by atoms with Crippen LogP contribution in [0.1, 0.15) is 29.3 Å². The number of methoxy groups -OCH3 is 1. The van der Waals surface area contributed by atoms with Crippen LogP contribution in [0.4, 0.5) is 5.69 Å². The Bertz CT molecular complexity index is 770. The number of amides is 1. The van der Waals surface area contributed by atoms with Crippen molar-refractivity contribution in [3.8, 4) is 17.2 Å². The van der Waals surface area contributed by atoms with Crippen LogP contribution in [0.2, 0.25) is 0 Å². The Kier molecular flexibility index (Phi) is 5.42. The minimum atomic E-state index is -0.384. The van der Waals surface area contributed by atoms with Gasteiger partial charge in [0.05, 0.1) is 7.11 Å². The molecule has 2 rings (SSSR count). The normalized spacial score (nSPS) is 10.1. The lowest BCUT2D eigenvalue weighted by Gasteiger charge is -2.12. The first-order valence-electron chi connectivity index (χ1n) is 7.44. The molecule has 24 heavy (non-hydrogen) atoms. The van der Waals surface area contributed by atoms with Gasteiger partial charge < -0.3 is 19.9 Å². The largest absolute Gasteiger partial charge is 0.508 e. The zero-order chi connectivity index (χ0) is 17.7. The number of anilines is 1. The molecule has 0 aromatic heterocycles. The van der Waals surface area contributed by atoms with Crippen LogP contribution in [0.3, 0.4) is 0 Å². The molecule has 126 valence electrons. The third kappa shape index (κ3) is 4.04. The van der Waals surface area contributed by atoms with Crippen molar-refractivity contribution in [2.45, 2.75) is 20.3 Å². The van der Waals surface area contributed by atoms with Gasteiger partial charge in [-0.15, -0.1) is 0 Å². The van der Waals surface area contributed by atoms with Crippen molar-refractivity contribution in [1.29, 1.82) is 0 Å². The van der Waals surface area contributed by atoms with E-state index in [1.165, 1.54) is 25.3 Å². The van der Waals surface area contributed by atoms with Crippen molar-refractivity contribution < 1.29 is 24.2 Å². The number of nitrogens with one attached hydrogen (secondary N) is 1. The minimum Gasteiger partial charge on any atom is -0.508 e. The Balaban J connectivity index is 2.21. The number of benzene rings is 2. The molecule has 0 aliphatic heterocycles. The zero-order valence-electron chi connectivity index (χ0n) is 13.8. The van der Waals surface area contributed by atoms with Gasteiger partial charge >= 0.3 is 5.97 Å². The highest BCUT2D eigenvalue weighted by Crippen LogP contribution is 2.29. The predicted molar refractivity (Wildman–Crippen MR) is 89.7 cm³/mol. The number of esters is 1. The number of phenolic OH excluding ortho intramolecular Hbond substituents is 1. The molecule has 2 aromatic carbocycles. The number of ether oxygens (including phenoxy) is 2. The smallest absolute Gasteiger partial charge is 0.311 e. The van der Waals surface area contributed by atoms with Crippen molar-refractivity contribution in [2.24, 2.45) is 0 Å². The number of aryl methyl sites for hydroxylation is 1. The van der Waals surface area contributed by atoms with Gasteiger partial charge in [-0.2, -0.15) is 0 Å². The number of phenols is 1. The molecule has 0 atom stereocenters. The molecule has 0 fully saturated rings. The Morgan fingerprint density at radius 2 is 1.88 bits per heavy atom. The standard InChI is InChI=1S/C18H19NO5/c1-4-17(21)24-15-8-5-12(10-16(15)23-3)18(22)19-14-7-6-13(20)9-11(14)2/h5-10,20H,4H2,1-3H3,(H,19,22). The van der Waals surface area contributed by atoms with E-state index in [1.54, 1.807) is 32.0 Å². The summed E-state index contributed by atoms with van der Waals surface area (Å²) in [5, 5.41) is 12.2. The van der Waals surface area contributed by atoms with E-state index in [0.717, 1.165) is 5.56 Å². The average Bonchev–Trinajstić information content (AvgIpc) is 2.57. The van der Waals surface area contributed by atoms with E-state index < -0.39 is 0 Å². The van der Waals surface area contributed by atoms with Gasteiger partial charge in [-0.05, 0) is 48.9 Å². The molecule has 0 saturated carbocycles. The van der Waals surface area contributed by atoms with Crippen molar-refractivity contribution >= 4 is 17.6 Å². The van der Waals surface area contributed by atoms with Gasteiger partial charge in [0.25, 0.3) is 5.91 Å². The summed E-state index contributed by atoms with van der Waals surface area (Å²) in [6.07, 6.45) is 0.242. The van der Waals surface area contributed by atoms with E-state index >= 15 is 0 Å². The van der Waals surface area contributed by atoms with Gasteiger partial charge in [0.1, 0.15) is 5.75 Å². The molecule has 0 spiro atoms. The fourth-order valence-electron chi connectivity index (χ4n) is 2.07. The first-order valence-corrected chi connectivity index (χ1v) is 7.44. The summed E-state index contributed by atoms with van der Waals surface area (Å²) in [4.78, 5) is 23.8. The summed E-state index contributed by atoms with van der Waals surface area (Å²) in [6.45, 7) is 3.47. The van der Waals surface area contributed by atoms with Crippen molar-refractivity contribution in [1.82, 2.24) is 0 Å². The molecule has 2 aromatic rings. The molecule has 0 unspecified atom stereocenters. The summed E-state index contributed by atoms with van der Waals surface area (Å²) in [7, 11) is 1.43. The van der Waals surface area contributed by atoms with E-state index in [9.17, 15) is 14.7 Å². The van der Waals surface area contributed by atoms with Crippen LogP contribution in [-0.2, 0) is 4.79 Å². The Hall–Kier alpha value is -3.02. The highest BCUT2D eigenvalue weighted by Gasteiger charge is 2.14. The molecule has 0 aliphatic rings. The molecule has 0 saturated heterocycles. The van der Waals surface area contributed by atoms with Crippen LogP contribution in [0.5, 0.6) is 17.2 Å². The number of aromatic hydroxyl groups is 1. The maximum atomic E-state index is 12.4. The molecular formula is C18H19NO5. The Morgan fingerprint density at radius 1 is 1.12 bits per heavy atom. The lowest BCUT2D eigenvalue weighted by atomic mass is 10.1. The van der Waals surface area contributed by atoms with Crippen molar-refractivity contribution in [3.05, 3.63) is 47.5 Å². The fourth-order valence-corrected chi connectivity index (χ4v) is 2.07. The molecule has 1 amide bonds. The Labute approximate surface area is 140 Å². The second kappa shape index (κ2) is 7.50. The SMILES string of the molecule is CCC(=O)Oc1ccc(C(=O)Nc2ccc(O)cc2C)cc1OC. The van der Waals surface area contributed by atoms with E-state index in [2.05, 4.69) is 5.32 Å². The summed E-state index contributed by atoms with van der Waals surface area (Å²) in [5.74, 6) is -0.0245. The van der Waals surface area contributed by atoms with E-state index in [-0.39, 0.29) is 29.8 Å². The lowest BCUT2D eigenvalue weighted by Crippen LogP contribution is -2.13. The summed E-state index contributed by atoms with van der Waals surface area (Å²) < 4.78 is 10.3. The molecule has 0 heterocycles. The van der Waals surface area contributed by atoms with Crippen LogP contribution in [0, 0.1) is 6.92 Å². The quantitative estimate of drug-likeness (QED) is 0.499. The number of hydrogen-bond acceptors (Lipinski definition) is 5. The molecule has 0 radical (unpaired) electrons. The lowest BCUT2D eigenvalue weighted by molar-refractivity contribution is -0.134. The predicted octanol–water partition coefficient (Wildman–Crippen LogP) is 3.28. The maximum absolute atomic E-state index is 12.4. The zero-order valence-corrected chi connectivity index (χ0v) is 13.8. The minimum absolute atomic E-state index is 0.134.